The molecule has 0 bridgehead atoms. The van der Waals surface area contributed by atoms with Crippen LogP contribution in [0.3, 0.4) is 0 Å². The molecule has 3 N–H and O–H groups in total. The average molecular weight is 141 g/mol. The second kappa shape index (κ2) is 2.70. The van der Waals surface area contributed by atoms with Gasteiger partial charge in [-0.05, 0) is 6.92 Å². The van der Waals surface area contributed by atoms with E-state index in [1.54, 1.807) is 10.8 Å². The van der Waals surface area contributed by atoms with Gasteiger partial charge in [0.25, 0.3) is 0 Å². The fraction of sp³-hybridized carbons (Fsp3) is 0.500. The van der Waals surface area contributed by atoms with Gasteiger partial charge in [0.05, 0.1) is 6.20 Å². The Kier molecular flexibility index (Phi) is 1.91. The van der Waals surface area contributed by atoms with Crippen molar-refractivity contribution in [2.24, 2.45) is 0 Å². The van der Waals surface area contributed by atoms with E-state index in [2.05, 4.69) is 4.98 Å². The third kappa shape index (κ3) is 0.974. The molecule has 0 saturated heterocycles. The number of hydrogen-bond acceptors (Lipinski definition) is 3. The molecule has 4 heteroatoms. The Bertz CT molecular complexity index is 219. The van der Waals surface area contributed by atoms with Crippen molar-refractivity contribution in [3.63, 3.8) is 0 Å². The Morgan fingerprint density at radius 3 is 2.90 bits per heavy atom. The zero-order chi connectivity index (χ0) is 7.56. The van der Waals surface area contributed by atoms with E-state index in [9.17, 15) is 0 Å². The summed E-state index contributed by atoms with van der Waals surface area (Å²) in [5.41, 5.74) is 5.52. The van der Waals surface area contributed by atoms with Crippen LogP contribution in [0.2, 0.25) is 0 Å². The quantitative estimate of drug-likeness (QED) is 0.608. The van der Waals surface area contributed by atoms with Gasteiger partial charge in [-0.1, -0.05) is 0 Å². The lowest BCUT2D eigenvalue weighted by atomic mass is 10.6. The van der Waals surface area contributed by atoms with Crippen LogP contribution in [0.5, 0.6) is 0 Å². The summed E-state index contributed by atoms with van der Waals surface area (Å²) in [7, 11) is 0. The summed E-state index contributed by atoms with van der Waals surface area (Å²) in [6, 6.07) is 0. The molecule has 0 aliphatic carbocycles. The number of nitrogens with two attached hydrogens (primary N) is 1. The van der Waals surface area contributed by atoms with E-state index in [-0.39, 0.29) is 6.61 Å². The van der Waals surface area contributed by atoms with Gasteiger partial charge in [0.2, 0.25) is 0 Å². The van der Waals surface area contributed by atoms with Crippen molar-refractivity contribution in [2.75, 3.05) is 5.73 Å². The average Bonchev–Trinajstić information content (AvgIpc) is 2.30. The van der Waals surface area contributed by atoms with E-state index < -0.39 is 0 Å². The van der Waals surface area contributed by atoms with Crippen molar-refractivity contribution >= 4 is 5.82 Å². The number of rotatable bonds is 2. The fourth-order valence-corrected chi connectivity index (χ4v) is 0.920. The smallest absolute Gasteiger partial charge is 0.136 e. The van der Waals surface area contributed by atoms with Gasteiger partial charge in [-0.25, -0.2) is 4.98 Å². The first-order chi connectivity index (χ1) is 4.79. The second-order valence-corrected chi connectivity index (χ2v) is 2.00. The molecule has 0 saturated carbocycles. The number of aliphatic hydroxyl groups excluding tert-OH is 1. The molecule has 1 aromatic rings. The summed E-state index contributed by atoms with van der Waals surface area (Å²) < 4.78 is 1.76. The largest absolute Gasteiger partial charge is 0.388 e. The molecule has 0 amide bonds. The van der Waals surface area contributed by atoms with E-state index in [1.807, 2.05) is 6.92 Å². The van der Waals surface area contributed by atoms with E-state index >= 15 is 0 Å². The van der Waals surface area contributed by atoms with Gasteiger partial charge in [0.1, 0.15) is 18.2 Å². The van der Waals surface area contributed by atoms with E-state index in [4.69, 9.17) is 10.8 Å². The minimum atomic E-state index is -0.0506. The van der Waals surface area contributed by atoms with Crippen molar-refractivity contribution in [3.8, 4) is 0 Å². The van der Waals surface area contributed by atoms with Crippen LogP contribution in [-0.4, -0.2) is 14.7 Å². The second-order valence-electron chi connectivity index (χ2n) is 2.00. The molecule has 0 unspecified atom stereocenters. The summed E-state index contributed by atoms with van der Waals surface area (Å²) in [5, 5.41) is 8.72. The molecule has 56 valence electrons. The summed E-state index contributed by atoms with van der Waals surface area (Å²) in [6.07, 6.45) is 1.55. The lowest BCUT2D eigenvalue weighted by molar-refractivity contribution is 0.266. The van der Waals surface area contributed by atoms with Crippen LogP contribution in [0.25, 0.3) is 0 Å². The van der Waals surface area contributed by atoms with Crippen molar-refractivity contribution in [1.82, 2.24) is 9.55 Å². The van der Waals surface area contributed by atoms with Gasteiger partial charge < -0.3 is 15.4 Å². The molecule has 0 spiro atoms. The number of nitrogens with zero attached hydrogens (tertiary/aromatic N) is 2. The Morgan fingerprint density at radius 1 is 1.80 bits per heavy atom. The number of aliphatic hydroxyl groups is 1. The van der Waals surface area contributed by atoms with Crippen LogP contribution in [0.15, 0.2) is 6.20 Å². The van der Waals surface area contributed by atoms with Gasteiger partial charge in [0, 0.05) is 6.54 Å². The molecule has 1 heterocycles. The molecule has 1 rings (SSSR count). The van der Waals surface area contributed by atoms with Crippen LogP contribution in [0, 0.1) is 0 Å². The Hall–Kier alpha value is -1.03. The van der Waals surface area contributed by atoms with Gasteiger partial charge in [-0.2, -0.15) is 0 Å². The molecule has 4 nitrogen and oxygen atoms in total. The predicted octanol–water partition coefficient (Wildman–Crippen LogP) is -0.0225. The minimum Gasteiger partial charge on any atom is -0.388 e. The molecular formula is C6H11N3O. The van der Waals surface area contributed by atoms with Gasteiger partial charge >= 0.3 is 0 Å². The molecule has 0 fully saturated rings. The maximum Gasteiger partial charge on any atom is 0.136 e. The first-order valence-corrected chi connectivity index (χ1v) is 3.20. The van der Waals surface area contributed by atoms with Gasteiger partial charge in [0.15, 0.2) is 0 Å². The number of imidazole rings is 1. The van der Waals surface area contributed by atoms with E-state index in [0.717, 1.165) is 6.54 Å². The molecule has 0 aromatic carbocycles. The summed E-state index contributed by atoms with van der Waals surface area (Å²) in [6.45, 7) is 2.66. The zero-order valence-electron chi connectivity index (χ0n) is 5.91. The zero-order valence-corrected chi connectivity index (χ0v) is 5.91. The molecule has 0 aliphatic heterocycles. The van der Waals surface area contributed by atoms with Crippen molar-refractivity contribution in [3.05, 3.63) is 12.0 Å². The van der Waals surface area contributed by atoms with Crippen LogP contribution in [-0.2, 0) is 13.2 Å². The molecule has 10 heavy (non-hydrogen) atoms. The first kappa shape index (κ1) is 7.08. The molecule has 0 aliphatic rings. The third-order valence-corrected chi connectivity index (χ3v) is 1.43. The number of aromatic nitrogens is 2. The normalized spacial score (nSPS) is 10.2. The van der Waals surface area contributed by atoms with Crippen molar-refractivity contribution in [2.45, 2.75) is 20.1 Å². The number of anilines is 1. The fourth-order valence-electron chi connectivity index (χ4n) is 0.920. The van der Waals surface area contributed by atoms with Crippen LogP contribution < -0.4 is 5.73 Å². The van der Waals surface area contributed by atoms with Gasteiger partial charge in [-0.3, -0.25) is 0 Å². The Balaban J connectivity index is 3.01. The topological polar surface area (TPSA) is 64.1 Å². The summed E-state index contributed by atoms with van der Waals surface area (Å²) in [4.78, 5) is 3.89. The van der Waals surface area contributed by atoms with Crippen LogP contribution in [0.1, 0.15) is 12.7 Å². The monoisotopic (exact) mass is 141 g/mol. The number of nitrogen functional groups attached to an aromatic ring is 1. The van der Waals surface area contributed by atoms with E-state index in [1.165, 1.54) is 0 Å². The van der Waals surface area contributed by atoms with Gasteiger partial charge in [-0.15, -0.1) is 0 Å². The Labute approximate surface area is 59.3 Å². The first-order valence-electron chi connectivity index (χ1n) is 3.20. The molecule has 1 aromatic heterocycles. The maximum atomic E-state index is 8.72. The van der Waals surface area contributed by atoms with Crippen molar-refractivity contribution < 1.29 is 5.11 Å². The minimum absolute atomic E-state index is 0.0506. The van der Waals surface area contributed by atoms with Crippen LogP contribution >= 0.6 is 0 Å². The van der Waals surface area contributed by atoms with Crippen LogP contribution in [0.4, 0.5) is 5.82 Å². The molecular weight excluding hydrogens is 130 g/mol. The maximum absolute atomic E-state index is 8.72. The predicted molar refractivity (Wildman–Crippen MR) is 38.2 cm³/mol. The highest BCUT2D eigenvalue weighted by Crippen LogP contribution is 2.05. The highest BCUT2D eigenvalue weighted by Gasteiger charge is 2.02. The standard InChI is InChI=1S/C6H11N3O/c1-2-9-5(7)3-8-6(9)4-10/h3,10H,2,4,7H2,1H3. The Morgan fingerprint density at radius 2 is 2.50 bits per heavy atom. The lowest BCUT2D eigenvalue weighted by Gasteiger charge is -2.02. The SMILES string of the molecule is CCn1c(N)cnc1CO. The highest BCUT2D eigenvalue weighted by atomic mass is 16.3. The van der Waals surface area contributed by atoms with E-state index in [0.29, 0.717) is 11.6 Å². The summed E-state index contributed by atoms with van der Waals surface area (Å²) in [5.74, 6) is 1.23. The van der Waals surface area contributed by atoms with Crippen molar-refractivity contribution in [1.29, 1.82) is 0 Å². The molecule has 0 atom stereocenters. The highest BCUT2D eigenvalue weighted by molar-refractivity contribution is 5.27. The summed E-state index contributed by atoms with van der Waals surface area (Å²) >= 11 is 0. The molecule has 0 radical (unpaired) electrons. The number of hydrogen-bond donors (Lipinski definition) is 2. The lowest BCUT2D eigenvalue weighted by Crippen LogP contribution is -2.04. The third-order valence-electron chi connectivity index (χ3n) is 1.43.